The molecule has 7 heteroatoms. The van der Waals surface area contributed by atoms with Gasteiger partial charge in [-0.05, 0) is 42.5 Å². The van der Waals surface area contributed by atoms with E-state index in [4.69, 9.17) is 14.4 Å². The second-order valence-corrected chi connectivity index (χ2v) is 4.64. The van der Waals surface area contributed by atoms with E-state index in [2.05, 4.69) is 10.1 Å². The van der Waals surface area contributed by atoms with Crippen molar-refractivity contribution in [1.29, 1.82) is 0 Å². The van der Waals surface area contributed by atoms with Gasteiger partial charge in [0, 0.05) is 5.56 Å². The Morgan fingerprint density at radius 2 is 2.00 bits per heavy atom. The molecule has 23 heavy (non-hydrogen) atoms. The molecule has 2 aromatic carbocycles. The predicted octanol–water partition coefficient (Wildman–Crippen LogP) is 3.15. The molecule has 3 aromatic rings. The fourth-order valence-corrected chi connectivity index (χ4v) is 1.89. The van der Waals surface area contributed by atoms with Crippen LogP contribution in [0.15, 0.2) is 53.1 Å². The van der Waals surface area contributed by atoms with Crippen LogP contribution in [0.1, 0.15) is 16.2 Å². The summed E-state index contributed by atoms with van der Waals surface area (Å²) in [6, 6.07) is 11.8. The SMILES string of the molecule is O=C(O)c1ccc(OCc2noc(-c3cccc(F)c3)n2)cc1. The van der Waals surface area contributed by atoms with Gasteiger partial charge in [0.05, 0.1) is 5.56 Å². The average molecular weight is 314 g/mol. The van der Waals surface area contributed by atoms with E-state index in [9.17, 15) is 9.18 Å². The number of aromatic carboxylic acids is 1. The Morgan fingerprint density at radius 3 is 2.70 bits per heavy atom. The van der Waals surface area contributed by atoms with Gasteiger partial charge in [0.15, 0.2) is 6.61 Å². The molecule has 0 amide bonds. The van der Waals surface area contributed by atoms with Crippen molar-refractivity contribution >= 4 is 5.97 Å². The molecule has 0 aliphatic carbocycles. The van der Waals surface area contributed by atoms with Crippen LogP contribution in [0.2, 0.25) is 0 Å². The third-order valence-electron chi connectivity index (χ3n) is 3.01. The third kappa shape index (κ3) is 3.52. The minimum Gasteiger partial charge on any atom is -0.485 e. The Bertz CT molecular complexity index is 830. The quantitative estimate of drug-likeness (QED) is 0.778. The smallest absolute Gasteiger partial charge is 0.335 e. The van der Waals surface area contributed by atoms with Gasteiger partial charge in [-0.1, -0.05) is 11.2 Å². The van der Waals surface area contributed by atoms with Crippen LogP contribution in [0, 0.1) is 5.82 Å². The first kappa shape index (κ1) is 14.7. The summed E-state index contributed by atoms with van der Waals surface area (Å²) in [4.78, 5) is 14.9. The molecule has 1 aromatic heterocycles. The Labute approximate surface area is 130 Å². The number of aromatic nitrogens is 2. The number of hydrogen-bond acceptors (Lipinski definition) is 5. The molecule has 0 fully saturated rings. The number of rotatable bonds is 5. The van der Waals surface area contributed by atoms with E-state index in [0.29, 0.717) is 17.1 Å². The lowest BCUT2D eigenvalue weighted by Crippen LogP contribution is -1.99. The van der Waals surface area contributed by atoms with Crippen molar-refractivity contribution in [3.05, 3.63) is 65.7 Å². The first-order valence-corrected chi connectivity index (χ1v) is 6.66. The van der Waals surface area contributed by atoms with Gasteiger partial charge in [-0.15, -0.1) is 0 Å². The van der Waals surface area contributed by atoms with Crippen LogP contribution in [-0.2, 0) is 6.61 Å². The molecule has 0 spiro atoms. The van der Waals surface area contributed by atoms with Crippen molar-refractivity contribution in [2.24, 2.45) is 0 Å². The lowest BCUT2D eigenvalue weighted by molar-refractivity contribution is 0.0697. The Hall–Kier alpha value is -3.22. The van der Waals surface area contributed by atoms with Gasteiger partial charge in [0.1, 0.15) is 11.6 Å². The van der Waals surface area contributed by atoms with Crippen LogP contribution < -0.4 is 4.74 Å². The summed E-state index contributed by atoms with van der Waals surface area (Å²) in [6.45, 7) is 0.0469. The zero-order valence-electron chi connectivity index (χ0n) is 11.8. The highest BCUT2D eigenvalue weighted by Gasteiger charge is 2.10. The van der Waals surface area contributed by atoms with Crippen LogP contribution in [-0.4, -0.2) is 21.2 Å². The number of benzene rings is 2. The first-order valence-electron chi connectivity index (χ1n) is 6.66. The summed E-state index contributed by atoms with van der Waals surface area (Å²) < 4.78 is 23.7. The summed E-state index contributed by atoms with van der Waals surface area (Å²) >= 11 is 0. The van der Waals surface area contributed by atoms with Crippen molar-refractivity contribution in [1.82, 2.24) is 10.1 Å². The second kappa shape index (κ2) is 6.27. The maximum atomic E-state index is 13.2. The summed E-state index contributed by atoms with van der Waals surface area (Å²) in [5.74, 6) is -0.422. The number of ether oxygens (including phenoxy) is 1. The molecule has 0 saturated carbocycles. The van der Waals surface area contributed by atoms with E-state index in [1.54, 1.807) is 12.1 Å². The highest BCUT2D eigenvalue weighted by atomic mass is 19.1. The highest BCUT2D eigenvalue weighted by Crippen LogP contribution is 2.19. The number of hydrogen-bond donors (Lipinski definition) is 1. The molecule has 3 rings (SSSR count). The standard InChI is InChI=1S/C16H11FN2O4/c17-12-3-1-2-11(8-12)15-18-14(19-23-15)9-22-13-6-4-10(5-7-13)16(20)21/h1-8H,9H2,(H,20,21). The lowest BCUT2D eigenvalue weighted by atomic mass is 10.2. The second-order valence-electron chi connectivity index (χ2n) is 4.64. The maximum absolute atomic E-state index is 13.2. The number of carbonyl (C=O) groups is 1. The molecule has 6 nitrogen and oxygen atoms in total. The van der Waals surface area contributed by atoms with Crippen molar-refractivity contribution in [2.45, 2.75) is 6.61 Å². The van der Waals surface area contributed by atoms with Gasteiger partial charge in [-0.2, -0.15) is 4.98 Å². The predicted molar refractivity (Wildman–Crippen MR) is 77.4 cm³/mol. The Balaban J connectivity index is 1.66. The van der Waals surface area contributed by atoms with Crippen LogP contribution in [0.4, 0.5) is 4.39 Å². The maximum Gasteiger partial charge on any atom is 0.335 e. The number of halogens is 1. The molecule has 0 saturated heterocycles. The fourth-order valence-electron chi connectivity index (χ4n) is 1.89. The lowest BCUT2D eigenvalue weighted by Gasteiger charge is -2.03. The van der Waals surface area contributed by atoms with Gasteiger partial charge >= 0.3 is 5.97 Å². The monoisotopic (exact) mass is 314 g/mol. The molecular formula is C16H11FN2O4. The molecule has 0 aliphatic heterocycles. The Morgan fingerprint density at radius 1 is 1.22 bits per heavy atom. The van der Waals surface area contributed by atoms with Crippen molar-refractivity contribution in [2.75, 3.05) is 0 Å². The summed E-state index contributed by atoms with van der Waals surface area (Å²) in [7, 11) is 0. The average Bonchev–Trinajstić information content (AvgIpc) is 3.02. The molecule has 0 aliphatic rings. The molecule has 1 heterocycles. The number of carboxylic acids is 1. The van der Waals surface area contributed by atoms with E-state index in [-0.39, 0.29) is 18.1 Å². The van der Waals surface area contributed by atoms with Crippen LogP contribution in [0.3, 0.4) is 0 Å². The van der Waals surface area contributed by atoms with E-state index >= 15 is 0 Å². The molecule has 0 bridgehead atoms. The first-order chi connectivity index (χ1) is 11.1. The third-order valence-corrected chi connectivity index (χ3v) is 3.01. The van der Waals surface area contributed by atoms with Crippen molar-refractivity contribution in [3.63, 3.8) is 0 Å². The fraction of sp³-hybridized carbons (Fsp3) is 0.0625. The van der Waals surface area contributed by atoms with Crippen molar-refractivity contribution < 1.29 is 23.6 Å². The van der Waals surface area contributed by atoms with Crippen LogP contribution >= 0.6 is 0 Å². The molecule has 0 atom stereocenters. The van der Waals surface area contributed by atoms with Crippen LogP contribution in [0.25, 0.3) is 11.5 Å². The Kier molecular flexibility index (Phi) is 4.01. The number of nitrogens with zero attached hydrogens (tertiary/aromatic N) is 2. The minimum absolute atomic E-state index is 0.0469. The number of carboxylic acid groups (broad SMARTS) is 1. The molecule has 1 N–H and O–H groups in total. The molecule has 0 radical (unpaired) electrons. The molecule has 0 unspecified atom stereocenters. The van der Waals surface area contributed by atoms with Crippen LogP contribution in [0.5, 0.6) is 5.75 Å². The van der Waals surface area contributed by atoms with Gasteiger partial charge in [-0.25, -0.2) is 9.18 Å². The normalized spacial score (nSPS) is 10.5. The van der Waals surface area contributed by atoms with Gasteiger partial charge < -0.3 is 14.4 Å². The molecule has 116 valence electrons. The van der Waals surface area contributed by atoms with E-state index in [0.717, 1.165) is 0 Å². The summed E-state index contributed by atoms with van der Waals surface area (Å²) in [6.07, 6.45) is 0. The highest BCUT2D eigenvalue weighted by molar-refractivity contribution is 5.87. The van der Waals surface area contributed by atoms with E-state index in [1.807, 2.05) is 0 Å². The van der Waals surface area contributed by atoms with Gasteiger partial charge in [-0.3, -0.25) is 0 Å². The summed E-state index contributed by atoms with van der Waals surface area (Å²) in [5.41, 5.74) is 0.653. The van der Waals surface area contributed by atoms with E-state index < -0.39 is 11.8 Å². The van der Waals surface area contributed by atoms with Gasteiger partial charge in [0.2, 0.25) is 5.82 Å². The van der Waals surface area contributed by atoms with E-state index in [1.165, 1.54) is 36.4 Å². The topological polar surface area (TPSA) is 85.5 Å². The zero-order valence-corrected chi connectivity index (χ0v) is 11.8. The summed E-state index contributed by atoms with van der Waals surface area (Å²) in [5, 5.41) is 12.6. The van der Waals surface area contributed by atoms with Crippen molar-refractivity contribution in [3.8, 4) is 17.2 Å². The minimum atomic E-state index is -1.01. The van der Waals surface area contributed by atoms with Gasteiger partial charge in [0.25, 0.3) is 5.89 Å². The zero-order chi connectivity index (χ0) is 16.2. The largest absolute Gasteiger partial charge is 0.485 e. The molecular weight excluding hydrogens is 303 g/mol.